The number of hydrogen-bond donors (Lipinski definition) is 2. The Bertz CT molecular complexity index is 457. The average Bonchev–Trinajstić information content (AvgIpc) is 2.31. The average molecular weight is 264 g/mol. The van der Waals surface area contributed by atoms with Crippen LogP contribution in [0.5, 0.6) is 0 Å². The van der Waals surface area contributed by atoms with Crippen LogP contribution in [0.25, 0.3) is 0 Å². The van der Waals surface area contributed by atoms with Gasteiger partial charge in [-0.05, 0) is 37.5 Å². The van der Waals surface area contributed by atoms with Crippen molar-refractivity contribution in [2.24, 2.45) is 5.73 Å². The molecular weight excluding hydrogens is 244 g/mol. The maximum Gasteiger partial charge on any atom is 0.251 e. The predicted octanol–water partition coefficient (Wildman–Crippen LogP) is 2.49. The van der Waals surface area contributed by atoms with Gasteiger partial charge in [-0.25, -0.2) is 0 Å². The van der Waals surface area contributed by atoms with Gasteiger partial charge < -0.3 is 11.1 Å². The molecule has 0 bridgehead atoms. The van der Waals surface area contributed by atoms with Gasteiger partial charge in [0.05, 0.1) is 4.99 Å². The van der Waals surface area contributed by atoms with E-state index in [1.807, 2.05) is 39.0 Å². The van der Waals surface area contributed by atoms with E-state index in [0.717, 1.165) is 23.1 Å². The molecule has 3 nitrogen and oxygen atoms in total. The lowest BCUT2D eigenvalue weighted by molar-refractivity contribution is 0.0936. The Morgan fingerprint density at radius 3 is 2.67 bits per heavy atom. The van der Waals surface area contributed by atoms with Crippen molar-refractivity contribution in [2.75, 3.05) is 0 Å². The van der Waals surface area contributed by atoms with E-state index in [1.54, 1.807) is 0 Å². The molecule has 1 aromatic rings. The minimum atomic E-state index is -0.0562. The molecule has 0 aromatic heterocycles. The molecule has 4 heteroatoms. The van der Waals surface area contributed by atoms with E-state index in [0.29, 0.717) is 11.4 Å². The Balaban J connectivity index is 2.81. The van der Waals surface area contributed by atoms with Crippen LogP contribution in [0.3, 0.4) is 0 Å². The van der Waals surface area contributed by atoms with E-state index in [4.69, 9.17) is 18.0 Å². The van der Waals surface area contributed by atoms with Crippen molar-refractivity contribution in [2.45, 2.75) is 39.7 Å². The van der Waals surface area contributed by atoms with Gasteiger partial charge in [-0.1, -0.05) is 31.3 Å². The molecule has 18 heavy (non-hydrogen) atoms. The minimum Gasteiger partial charge on any atom is -0.393 e. The van der Waals surface area contributed by atoms with Crippen molar-refractivity contribution < 1.29 is 4.79 Å². The molecule has 0 saturated carbocycles. The summed E-state index contributed by atoms with van der Waals surface area (Å²) < 4.78 is 0. The molecule has 1 aromatic carbocycles. The van der Waals surface area contributed by atoms with Crippen LogP contribution < -0.4 is 11.1 Å². The number of carbonyl (C=O) groups excluding carboxylic acids is 1. The van der Waals surface area contributed by atoms with Gasteiger partial charge in [-0.15, -0.1) is 0 Å². The summed E-state index contributed by atoms with van der Waals surface area (Å²) in [5.41, 5.74) is 8.37. The highest BCUT2D eigenvalue weighted by molar-refractivity contribution is 7.80. The lowest BCUT2D eigenvalue weighted by Crippen LogP contribution is -2.37. The van der Waals surface area contributed by atoms with Crippen LogP contribution in [0, 0.1) is 13.8 Å². The van der Waals surface area contributed by atoms with Crippen molar-refractivity contribution in [3.8, 4) is 0 Å². The van der Waals surface area contributed by atoms with Gasteiger partial charge in [0.25, 0.3) is 5.91 Å². The number of aryl methyl sites for hydroxylation is 1. The smallest absolute Gasteiger partial charge is 0.251 e. The van der Waals surface area contributed by atoms with E-state index in [1.165, 1.54) is 0 Å². The third kappa shape index (κ3) is 3.81. The Labute approximate surface area is 114 Å². The van der Waals surface area contributed by atoms with Crippen molar-refractivity contribution in [3.05, 3.63) is 34.9 Å². The van der Waals surface area contributed by atoms with Crippen molar-refractivity contribution >= 4 is 23.1 Å². The summed E-state index contributed by atoms with van der Waals surface area (Å²) in [5, 5.41) is 2.98. The van der Waals surface area contributed by atoms with E-state index >= 15 is 0 Å². The van der Waals surface area contributed by atoms with Crippen LogP contribution in [-0.2, 0) is 0 Å². The fourth-order valence-corrected chi connectivity index (χ4v) is 2.00. The first-order chi connectivity index (χ1) is 8.45. The summed E-state index contributed by atoms with van der Waals surface area (Å²) in [6.45, 7) is 5.96. The Kier molecular flexibility index (Phi) is 5.28. The van der Waals surface area contributed by atoms with Crippen LogP contribution in [0.15, 0.2) is 18.2 Å². The van der Waals surface area contributed by atoms with Crippen LogP contribution in [0.2, 0.25) is 0 Å². The number of rotatable bonds is 5. The van der Waals surface area contributed by atoms with Crippen LogP contribution >= 0.6 is 12.2 Å². The Morgan fingerprint density at radius 2 is 2.11 bits per heavy atom. The molecule has 98 valence electrons. The minimum absolute atomic E-state index is 0.00918. The molecule has 0 spiro atoms. The van der Waals surface area contributed by atoms with Crippen molar-refractivity contribution in [1.29, 1.82) is 0 Å². The van der Waals surface area contributed by atoms with E-state index < -0.39 is 0 Å². The third-order valence-corrected chi connectivity index (χ3v) is 3.29. The van der Waals surface area contributed by atoms with Gasteiger partial charge in [0.1, 0.15) is 0 Å². The first-order valence-electron chi connectivity index (χ1n) is 6.11. The van der Waals surface area contributed by atoms with Gasteiger partial charge in [0, 0.05) is 18.0 Å². The van der Waals surface area contributed by atoms with Gasteiger partial charge >= 0.3 is 0 Å². The fraction of sp³-hybridized carbons (Fsp3) is 0.429. The number of nitrogens with two attached hydrogens (primary N) is 1. The standard InChI is InChI=1S/C14H20N2OS/c1-4-11(8-13(15)18)16-14(17)12-7-5-6-9(2)10(12)3/h5-7,11H,4,8H2,1-3H3,(H2,15,18)(H,16,17). The molecule has 0 fully saturated rings. The Hall–Kier alpha value is -1.42. The zero-order chi connectivity index (χ0) is 13.7. The molecule has 0 radical (unpaired) electrons. The molecule has 0 heterocycles. The summed E-state index contributed by atoms with van der Waals surface area (Å²) in [6, 6.07) is 5.74. The zero-order valence-electron chi connectivity index (χ0n) is 11.1. The van der Waals surface area contributed by atoms with Crippen LogP contribution in [0.4, 0.5) is 0 Å². The second-order valence-corrected chi connectivity index (χ2v) is 5.02. The van der Waals surface area contributed by atoms with E-state index in [-0.39, 0.29) is 11.9 Å². The first kappa shape index (κ1) is 14.6. The summed E-state index contributed by atoms with van der Waals surface area (Å²) in [4.78, 5) is 12.6. The molecular formula is C14H20N2OS. The molecule has 1 rings (SSSR count). The molecule has 1 amide bonds. The van der Waals surface area contributed by atoms with Gasteiger partial charge in [-0.2, -0.15) is 0 Å². The largest absolute Gasteiger partial charge is 0.393 e. The summed E-state index contributed by atoms with van der Waals surface area (Å²) in [7, 11) is 0. The third-order valence-electron chi connectivity index (χ3n) is 3.12. The normalized spacial score (nSPS) is 11.9. The van der Waals surface area contributed by atoms with Gasteiger partial charge in [0.15, 0.2) is 0 Å². The Morgan fingerprint density at radius 1 is 1.44 bits per heavy atom. The molecule has 1 atom stereocenters. The highest BCUT2D eigenvalue weighted by Crippen LogP contribution is 2.13. The highest BCUT2D eigenvalue weighted by atomic mass is 32.1. The number of amides is 1. The molecule has 0 aliphatic carbocycles. The summed E-state index contributed by atoms with van der Waals surface area (Å²) in [5.74, 6) is -0.0562. The highest BCUT2D eigenvalue weighted by Gasteiger charge is 2.15. The molecule has 3 N–H and O–H groups in total. The second kappa shape index (κ2) is 6.50. The molecule has 0 aliphatic heterocycles. The van der Waals surface area contributed by atoms with Crippen molar-refractivity contribution in [1.82, 2.24) is 5.32 Å². The quantitative estimate of drug-likeness (QED) is 0.803. The fourth-order valence-electron chi connectivity index (χ4n) is 1.80. The summed E-state index contributed by atoms with van der Waals surface area (Å²) >= 11 is 4.88. The van der Waals surface area contributed by atoms with E-state index in [9.17, 15) is 4.79 Å². The number of hydrogen-bond acceptors (Lipinski definition) is 2. The SMILES string of the molecule is CCC(CC(N)=S)NC(=O)c1cccc(C)c1C. The first-order valence-corrected chi connectivity index (χ1v) is 6.52. The predicted molar refractivity (Wildman–Crippen MR) is 78.9 cm³/mol. The lowest BCUT2D eigenvalue weighted by atomic mass is 10.0. The topological polar surface area (TPSA) is 55.1 Å². The molecule has 0 saturated heterocycles. The van der Waals surface area contributed by atoms with E-state index in [2.05, 4.69) is 5.32 Å². The maximum absolute atomic E-state index is 12.2. The van der Waals surface area contributed by atoms with Crippen LogP contribution in [-0.4, -0.2) is 16.9 Å². The second-order valence-electron chi connectivity index (χ2n) is 4.50. The van der Waals surface area contributed by atoms with Gasteiger partial charge in [-0.3, -0.25) is 4.79 Å². The number of carbonyl (C=O) groups is 1. The molecule has 1 unspecified atom stereocenters. The number of thiocarbonyl (C=S) groups is 1. The monoisotopic (exact) mass is 264 g/mol. The molecule has 0 aliphatic rings. The zero-order valence-corrected chi connectivity index (χ0v) is 11.9. The maximum atomic E-state index is 12.2. The lowest BCUT2D eigenvalue weighted by Gasteiger charge is -2.17. The number of nitrogens with one attached hydrogen (secondary N) is 1. The van der Waals surface area contributed by atoms with Crippen molar-refractivity contribution in [3.63, 3.8) is 0 Å². The summed E-state index contributed by atoms with van der Waals surface area (Å²) in [6.07, 6.45) is 1.36. The van der Waals surface area contributed by atoms with Crippen LogP contribution in [0.1, 0.15) is 41.3 Å². The van der Waals surface area contributed by atoms with Gasteiger partial charge in [0.2, 0.25) is 0 Å². The number of benzene rings is 1.